The van der Waals surface area contributed by atoms with Crippen LogP contribution < -0.4 is 0 Å². The van der Waals surface area contributed by atoms with Gasteiger partial charge in [-0.05, 0) is 11.6 Å². The average molecular weight is 256 g/mol. The monoisotopic (exact) mass is 255 g/mol. The number of carbonyl (C=O) groups is 1. The molecule has 0 saturated heterocycles. The number of carbonyl (C=O) groups excluding carboxylic acids is 1. The van der Waals surface area contributed by atoms with Gasteiger partial charge in [0.05, 0.1) is 0 Å². The van der Waals surface area contributed by atoms with E-state index in [2.05, 4.69) is 4.99 Å². The number of ether oxygens (including phenoxy) is 1. The van der Waals surface area contributed by atoms with Gasteiger partial charge in [0.1, 0.15) is 0 Å². The first-order chi connectivity index (χ1) is 7.66. The average Bonchev–Trinajstić information content (AvgIpc) is 2.62. The van der Waals surface area contributed by atoms with Crippen LogP contribution in [0.15, 0.2) is 41.0 Å². The van der Waals surface area contributed by atoms with Gasteiger partial charge in [0.15, 0.2) is 10.5 Å². The Balaban J connectivity index is 2.29. The molecular weight excluding hydrogens is 249 g/mol. The summed E-state index contributed by atoms with van der Waals surface area (Å²) in [6.07, 6.45) is 1.62. The number of aliphatic imine (C=N–C) groups is 1. The first kappa shape index (κ1) is 11.2. The van der Waals surface area contributed by atoms with E-state index in [1.165, 1.54) is 0 Å². The van der Waals surface area contributed by atoms with E-state index in [1.54, 1.807) is 6.08 Å². The molecule has 2 rings (SSSR count). The molecule has 0 amide bonds. The quantitative estimate of drug-likeness (QED) is 0.463. The molecule has 0 saturated carbocycles. The Bertz CT molecular complexity index is 466. The van der Waals surface area contributed by atoms with E-state index in [9.17, 15) is 4.79 Å². The number of rotatable bonds is 2. The van der Waals surface area contributed by atoms with Crippen molar-refractivity contribution in [3.8, 4) is 0 Å². The Kier molecular flexibility index (Phi) is 3.27. The van der Waals surface area contributed by atoms with Crippen molar-refractivity contribution in [3.05, 3.63) is 41.6 Å². The number of cyclic esters (lactones) is 1. The number of hydrogen-bond acceptors (Lipinski definition) is 3. The van der Waals surface area contributed by atoms with Crippen LogP contribution in [-0.4, -0.2) is 16.7 Å². The molecule has 0 unspecified atom stereocenters. The van der Waals surface area contributed by atoms with Crippen molar-refractivity contribution in [2.75, 3.05) is 0 Å². The van der Waals surface area contributed by atoms with Crippen LogP contribution in [0.2, 0.25) is 0 Å². The minimum atomic E-state index is -0.925. The number of benzene rings is 1. The van der Waals surface area contributed by atoms with Gasteiger partial charge in [0.2, 0.25) is 5.90 Å². The van der Waals surface area contributed by atoms with Gasteiger partial charge in [-0.15, -0.1) is 0 Å². The summed E-state index contributed by atoms with van der Waals surface area (Å²) in [4.78, 5) is 14.4. The molecule has 0 aliphatic carbocycles. The Morgan fingerprint density at radius 1 is 1.25 bits per heavy atom. The molecule has 0 N–H and O–H groups in total. The molecule has 16 heavy (non-hydrogen) atoms. The first-order valence-electron chi connectivity index (χ1n) is 4.52. The topological polar surface area (TPSA) is 38.7 Å². The Morgan fingerprint density at radius 2 is 1.94 bits per heavy atom. The minimum absolute atomic E-state index is 0.0236. The second-order valence-corrected chi connectivity index (χ2v) is 4.18. The van der Waals surface area contributed by atoms with Crippen LogP contribution in [0.5, 0.6) is 0 Å². The van der Waals surface area contributed by atoms with E-state index in [0.717, 1.165) is 5.56 Å². The third-order valence-corrected chi connectivity index (χ3v) is 2.30. The highest BCUT2D eigenvalue weighted by Crippen LogP contribution is 2.19. The lowest BCUT2D eigenvalue weighted by Crippen LogP contribution is -2.10. The molecule has 0 atom stereocenters. The van der Waals surface area contributed by atoms with E-state index < -0.39 is 10.8 Å². The lowest BCUT2D eigenvalue weighted by Gasteiger charge is -1.95. The number of alkyl halides is 2. The van der Waals surface area contributed by atoms with Crippen molar-refractivity contribution in [2.24, 2.45) is 4.99 Å². The summed E-state index contributed by atoms with van der Waals surface area (Å²) in [6.45, 7) is 0. The van der Waals surface area contributed by atoms with Gasteiger partial charge in [0, 0.05) is 0 Å². The summed E-state index contributed by atoms with van der Waals surface area (Å²) in [5.74, 6) is -0.513. The zero-order chi connectivity index (χ0) is 11.5. The molecule has 1 aliphatic heterocycles. The lowest BCUT2D eigenvalue weighted by molar-refractivity contribution is -0.130. The number of nitrogens with zero attached hydrogens (tertiary/aromatic N) is 1. The molecule has 0 radical (unpaired) electrons. The normalized spacial score (nSPS) is 17.8. The lowest BCUT2D eigenvalue weighted by atomic mass is 10.2. The number of esters is 1. The zero-order valence-electron chi connectivity index (χ0n) is 8.06. The van der Waals surface area contributed by atoms with Gasteiger partial charge in [-0.2, -0.15) is 0 Å². The maximum atomic E-state index is 11.4. The Morgan fingerprint density at radius 3 is 2.50 bits per heavy atom. The fraction of sp³-hybridized carbons (Fsp3) is 0.0909. The summed E-state index contributed by atoms with van der Waals surface area (Å²) in [7, 11) is 0. The van der Waals surface area contributed by atoms with E-state index in [1.807, 2.05) is 30.3 Å². The highest BCUT2D eigenvalue weighted by Gasteiger charge is 2.26. The SMILES string of the molecule is O=C1OC(C(Cl)Cl)=N/C1=C/c1ccccc1. The molecule has 0 bridgehead atoms. The van der Waals surface area contributed by atoms with Gasteiger partial charge in [-0.1, -0.05) is 53.5 Å². The van der Waals surface area contributed by atoms with E-state index in [4.69, 9.17) is 27.9 Å². The Hall–Kier alpha value is -1.32. The van der Waals surface area contributed by atoms with Gasteiger partial charge in [-0.3, -0.25) is 0 Å². The summed E-state index contributed by atoms with van der Waals surface area (Å²) >= 11 is 11.1. The molecule has 0 aromatic heterocycles. The van der Waals surface area contributed by atoms with Gasteiger partial charge >= 0.3 is 5.97 Å². The van der Waals surface area contributed by atoms with Crippen molar-refractivity contribution >= 4 is 41.1 Å². The highest BCUT2D eigenvalue weighted by atomic mass is 35.5. The van der Waals surface area contributed by atoms with Crippen LogP contribution in [0.25, 0.3) is 6.08 Å². The number of halogens is 2. The second-order valence-electron chi connectivity index (χ2n) is 3.08. The molecule has 3 nitrogen and oxygen atoms in total. The summed E-state index contributed by atoms with van der Waals surface area (Å²) in [6, 6.07) is 9.32. The third-order valence-electron chi connectivity index (χ3n) is 1.93. The second kappa shape index (κ2) is 4.68. The van der Waals surface area contributed by atoms with E-state index in [0.29, 0.717) is 0 Å². The molecule has 1 heterocycles. The molecular formula is C11H7Cl2NO2. The fourth-order valence-electron chi connectivity index (χ4n) is 1.23. The minimum Gasteiger partial charge on any atom is -0.404 e. The summed E-state index contributed by atoms with van der Waals surface area (Å²) < 4.78 is 4.79. The maximum absolute atomic E-state index is 11.4. The van der Waals surface area contributed by atoms with Crippen molar-refractivity contribution < 1.29 is 9.53 Å². The molecule has 5 heteroatoms. The summed E-state index contributed by atoms with van der Waals surface area (Å²) in [5, 5.41) is 0. The van der Waals surface area contributed by atoms with Crippen molar-refractivity contribution in [2.45, 2.75) is 4.84 Å². The molecule has 0 fully saturated rings. The smallest absolute Gasteiger partial charge is 0.363 e. The zero-order valence-corrected chi connectivity index (χ0v) is 9.57. The van der Waals surface area contributed by atoms with E-state index >= 15 is 0 Å². The van der Waals surface area contributed by atoms with Gasteiger partial charge in [0.25, 0.3) is 0 Å². The predicted molar refractivity (Wildman–Crippen MR) is 63.4 cm³/mol. The molecule has 1 aromatic carbocycles. The van der Waals surface area contributed by atoms with Crippen LogP contribution in [0.1, 0.15) is 5.56 Å². The number of hydrogen-bond donors (Lipinski definition) is 0. The third kappa shape index (κ3) is 2.43. The van der Waals surface area contributed by atoms with Crippen LogP contribution in [0, 0.1) is 0 Å². The van der Waals surface area contributed by atoms with Gasteiger partial charge < -0.3 is 4.74 Å². The Labute approximate surface area is 102 Å². The van der Waals surface area contributed by atoms with Crippen LogP contribution in [-0.2, 0) is 9.53 Å². The maximum Gasteiger partial charge on any atom is 0.363 e. The molecule has 1 aromatic rings. The van der Waals surface area contributed by atoms with Crippen molar-refractivity contribution in [1.82, 2.24) is 0 Å². The highest BCUT2D eigenvalue weighted by molar-refractivity contribution is 6.54. The first-order valence-corrected chi connectivity index (χ1v) is 5.40. The fourth-order valence-corrected chi connectivity index (χ4v) is 1.41. The summed E-state index contributed by atoms with van der Waals surface area (Å²) in [5.41, 5.74) is 1.06. The standard InChI is InChI=1S/C11H7Cl2NO2/c12-9(13)10-14-8(11(15)16-10)6-7-4-2-1-3-5-7/h1-6,9H/b8-6+. The van der Waals surface area contributed by atoms with Crippen molar-refractivity contribution in [3.63, 3.8) is 0 Å². The molecule has 82 valence electrons. The van der Waals surface area contributed by atoms with Crippen LogP contribution in [0.3, 0.4) is 0 Å². The molecule has 0 spiro atoms. The van der Waals surface area contributed by atoms with Crippen LogP contribution >= 0.6 is 23.2 Å². The van der Waals surface area contributed by atoms with Gasteiger partial charge in [-0.25, -0.2) is 9.79 Å². The van der Waals surface area contributed by atoms with E-state index in [-0.39, 0.29) is 11.6 Å². The largest absolute Gasteiger partial charge is 0.404 e. The van der Waals surface area contributed by atoms with Crippen LogP contribution in [0.4, 0.5) is 0 Å². The van der Waals surface area contributed by atoms with Crippen molar-refractivity contribution in [1.29, 1.82) is 0 Å². The molecule has 1 aliphatic rings. The predicted octanol–water partition coefficient (Wildman–Crippen LogP) is 2.79.